The van der Waals surface area contributed by atoms with Crippen LogP contribution in [0.1, 0.15) is 17.7 Å². The van der Waals surface area contributed by atoms with Crippen molar-refractivity contribution in [2.45, 2.75) is 18.3 Å². The molecule has 0 unspecified atom stereocenters. The van der Waals surface area contributed by atoms with Crippen LogP contribution in [-0.2, 0) is 15.0 Å². The van der Waals surface area contributed by atoms with E-state index in [4.69, 9.17) is 0 Å². The third-order valence-corrected chi connectivity index (χ3v) is 5.53. The molecule has 100 valence electrons. The summed E-state index contributed by atoms with van der Waals surface area (Å²) in [6, 6.07) is 10.5. The van der Waals surface area contributed by atoms with Gasteiger partial charge in [0.05, 0.1) is 0 Å². The summed E-state index contributed by atoms with van der Waals surface area (Å²) < 4.78 is 1.27. The zero-order chi connectivity index (χ0) is 13.7. The molecule has 1 aliphatic heterocycles. The van der Waals surface area contributed by atoms with Crippen LogP contribution in [0, 0.1) is 0 Å². The van der Waals surface area contributed by atoms with Gasteiger partial charge in [-0.25, -0.2) is 0 Å². The smallest absolute Gasteiger partial charge is 0.253 e. The Morgan fingerprint density at radius 3 is 2.45 bits per heavy atom. The van der Waals surface area contributed by atoms with Crippen LogP contribution in [0.2, 0.25) is 0 Å². The molecule has 1 fully saturated rings. The van der Waals surface area contributed by atoms with E-state index in [1.807, 2.05) is 12.1 Å². The van der Waals surface area contributed by atoms with Crippen LogP contribution in [0.15, 0.2) is 42.5 Å². The summed E-state index contributed by atoms with van der Waals surface area (Å²) in [7, 11) is 0. The lowest BCUT2D eigenvalue weighted by molar-refractivity contribution is -0.137. The van der Waals surface area contributed by atoms with Gasteiger partial charge >= 0.3 is 0 Å². The maximum Gasteiger partial charge on any atom is 0.253 e. The third-order valence-electron chi connectivity index (χ3n) is 4.16. The first-order valence-electron chi connectivity index (χ1n) is 6.71. The first kappa shape index (κ1) is 11.9. The van der Waals surface area contributed by atoms with E-state index in [9.17, 15) is 9.59 Å². The number of benzene rings is 1. The van der Waals surface area contributed by atoms with E-state index in [1.54, 1.807) is 11.3 Å². The molecule has 2 amide bonds. The number of imide groups is 1. The summed E-state index contributed by atoms with van der Waals surface area (Å²) in [4.78, 5) is 26.1. The van der Waals surface area contributed by atoms with Gasteiger partial charge < -0.3 is 0 Å². The van der Waals surface area contributed by atoms with E-state index in [-0.39, 0.29) is 17.2 Å². The highest BCUT2D eigenvalue weighted by atomic mass is 32.1. The summed E-state index contributed by atoms with van der Waals surface area (Å²) in [6.07, 6.45) is 4.83. The Morgan fingerprint density at radius 2 is 1.80 bits per heavy atom. The average molecular weight is 283 g/mol. The molecule has 0 saturated heterocycles. The summed E-state index contributed by atoms with van der Waals surface area (Å²) in [6.45, 7) is 0.518. The molecule has 1 aliphatic carbocycles. The van der Waals surface area contributed by atoms with Gasteiger partial charge in [-0.3, -0.25) is 14.5 Å². The monoisotopic (exact) mass is 283 g/mol. The van der Waals surface area contributed by atoms with Gasteiger partial charge in [-0.15, -0.1) is 11.3 Å². The van der Waals surface area contributed by atoms with Crippen LogP contribution in [0.3, 0.4) is 0 Å². The third kappa shape index (κ3) is 1.72. The Bertz CT molecular complexity index is 704. The van der Waals surface area contributed by atoms with Crippen LogP contribution in [-0.4, -0.2) is 23.3 Å². The highest BCUT2D eigenvalue weighted by Crippen LogP contribution is 2.52. The van der Waals surface area contributed by atoms with Crippen molar-refractivity contribution in [2.24, 2.45) is 0 Å². The molecule has 2 heterocycles. The molecule has 0 atom stereocenters. The SMILES string of the molecule is O=C1C=CC(=O)N1CC1(c2cc3ccccc3s2)CC1. The Labute approximate surface area is 120 Å². The zero-order valence-corrected chi connectivity index (χ0v) is 11.7. The number of thiophene rings is 1. The second-order valence-corrected chi connectivity index (χ2v) is 6.61. The molecule has 4 rings (SSSR count). The molecule has 20 heavy (non-hydrogen) atoms. The topological polar surface area (TPSA) is 37.4 Å². The summed E-state index contributed by atoms with van der Waals surface area (Å²) in [5, 5.41) is 1.25. The molecular weight excluding hydrogens is 270 g/mol. The van der Waals surface area contributed by atoms with Crippen LogP contribution >= 0.6 is 11.3 Å². The van der Waals surface area contributed by atoms with Crippen LogP contribution in [0.4, 0.5) is 0 Å². The standard InChI is InChI=1S/C16H13NO2S/c18-14-5-6-15(19)17(14)10-16(7-8-16)13-9-11-3-1-2-4-12(11)20-13/h1-6,9H,7-8,10H2. The number of carbonyl (C=O) groups is 2. The van der Waals surface area contributed by atoms with Crippen LogP contribution < -0.4 is 0 Å². The Morgan fingerprint density at radius 1 is 1.10 bits per heavy atom. The molecular formula is C16H13NO2S. The number of nitrogens with zero attached hydrogens (tertiary/aromatic N) is 1. The van der Waals surface area contributed by atoms with Gasteiger partial charge in [-0.2, -0.15) is 0 Å². The molecule has 0 spiro atoms. The van der Waals surface area contributed by atoms with Crippen molar-refractivity contribution < 1.29 is 9.59 Å². The van der Waals surface area contributed by atoms with Crippen molar-refractivity contribution in [3.63, 3.8) is 0 Å². The van der Waals surface area contributed by atoms with Crippen molar-refractivity contribution in [3.8, 4) is 0 Å². The van der Waals surface area contributed by atoms with Crippen LogP contribution in [0.5, 0.6) is 0 Å². The van der Waals surface area contributed by atoms with Gasteiger partial charge in [-0.1, -0.05) is 18.2 Å². The molecule has 1 aromatic heterocycles. The fourth-order valence-corrected chi connectivity index (χ4v) is 4.07. The number of carbonyl (C=O) groups excluding carboxylic acids is 2. The van der Waals surface area contributed by atoms with E-state index >= 15 is 0 Å². The van der Waals surface area contributed by atoms with Gasteiger partial charge in [0.25, 0.3) is 11.8 Å². The van der Waals surface area contributed by atoms with E-state index in [1.165, 1.54) is 32.0 Å². The number of fused-ring (bicyclic) bond motifs is 1. The Kier molecular flexibility index (Phi) is 2.39. The second-order valence-electron chi connectivity index (χ2n) is 5.52. The predicted molar refractivity (Wildman–Crippen MR) is 78.6 cm³/mol. The molecule has 0 radical (unpaired) electrons. The summed E-state index contributed by atoms with van der Waals surface area (Å²) in [5.74, 6) is -0.357. The van der Waals surface area contributed by atoms with E-state index < -0.39 is 0 Å². The van der Waals surface area contributed by atoms with Gasteiger partial charge in [0, 0.05) is 33.7 Å². The van der Waals surface area contributed by atoms with Gasteiger partial charge in [-0.05, 0) is 30.4 Å². The highest BCUT2D eigenvalue weighted by molar-refractivity contribution is 7.19. The highest BCUT2D eigenvalue weighted by Gasteiger charge is 2.48. The van der Waals surface area contributed by atoms with E-state index in [2.05, 4.69) is 18.2 Å². The van der Waals surface area contributed by atoms with Crippen molar-refractivity contribution in [3.05, 3.63) is 47.4 Å². The number of amides is 2. The van der Waals surface area contributed by atoms with Crippen molar-refractivity contribution in [1.82, 2.24) is 4.90 Å². The molecule has 0 N–H and O–H groups in total. The molecule has 0 bridgehead atoms. The lowest BCUT2D eigenvalue weighted by Crippen LogP contribution is -2.36. The fraction of sp³-hybridized carbons (Fsp3) is 0.250. The Balaban J connectivity index is 1.67. The quantitative estimate of drug-likeness (QED) is 0.812. The predicted octanol–water partition coefficient (Wildman–Crippen LogP) is 2.86. The number of rotatable bonds is 3. The van der Waals surface area contributed by atoms with Gasteiger partial charge in [0.2, 0.25) is 0 Å². The van der Waals surface area contributed by atoms with Crippen molar-refractivity contribution in [1.29, 1.82) is 0 Å². The minimum Gasteiger partial charge on any atom is -0.274 e. The summed E-state index contributed by atoms with van der Waals surface area (Å²) >= 11 is 1.78. The maximum atomic E-state index is 11.7. The number of hydrogen-bond acceptors (Lipinski definition) is 3. The molecule has 1 saturated carbocycles. The Hall–Kier alpha value is -1.94. The maximum absolute atomic E-state index is 11.7. The van der Waals surface area contributed by atoms with Gasteiger partial charge in [0.15, 0.2) is 0 Å². The first-order chi connectivity index (χ1) is 9.68. The van der Waals surface area contributed by atoms with Crippen molar-refractivity contribution >= 4 is 33.2 Å². The lowest BCUT2D eigenvalue weighted by Gasteiger charge is -2.20. The molecule has 3 nitrogen and oxygen atoms in total. The van der Waals surface area contributed by atoms with Gasteiger partial charge in [0.1, 0.15) is 0 Å². The van der Waals surface area contributed by atoms with Crippen molar-refractivity contribution in [2.75, 3.05) is 6.54 Å². The minimum absolute atomic E-state index is 0.00102. The molecule has 2 aromatic rings. The molecule has 1 aromatic carbocycles. The normalized spacial score (nSPS) is 20.1. The zero-order valence-electron chi connectivity index (χ0n) is 10.8. The number of hydrogen-bond donors (Lipinski definition) is 0. The fourth-order valence-electron chi connectivity index (χ4n) is 2.77. The average Bonchev–Trinajstić information content (AvgIpc) is 3.00. The largest absolute Gasteiger partial charge is 0.274 e. The minimum atomic E-state index is -0.178. The summed E-state index contributed by atoms with van der Waals surface area (Å²) in [5.41, 5.74) is 0.00102. The first-order valence-corrected chi connectivity index (χ1v) is 7.52. The van der Waals surface area contributed by atoms with E-state index in [0.717, 1.165) is 12.8 Å². The molecule has 4 heteroatoms. The second kappa shape index (κ2) is 4.03. The lowest BCUT2D eigenvalue weighted by atomic mass is 10.0. The molecule has 2 aliphatic rings. The van der Waals surface area contributed by atoms with E-state index in [0.29, 0.717) is 6.54 Å². The van der Waals surface area contributed by atoms with Crippen LogP contribution in [0.25, 0.3) is 10.1 Å².